The van der Waals surface area contributed by atoms with Crippen LogP contribution in [0.3, 0.4) is 0 Å². The molecule has 1 heterocycles. The number of aryl methyl sites for hydroxylation is 1. The second-order valence-corrected chi connectivity index (χ2v) is 6.83. The summed E-state index contributed by atoms with van der Waals surface area (Å²) < 4.78 is 0. The van der Waals surface area contributed by atoms with E-state index in [1.807, 2.05) is 78.4 Å². The molecule has 2 aromatic carbocycles. The SMILES string of the molecule is Cc1cc(C#CCN(C)c2cccc(C(=N)N)c2)ccc1C(=O)N1CC=CC1. The fraction of sp³-hybridized carbons (Fsp3) is 0.217. The van der Waals surface area contributed by atoms with E-state index in [4.69, 9.17) is 11.1 Å². The standard InChI is InChI=1S/C23H24N4O/c1-17-15-18(10-11-21(17)23(28)27-13-3-4-14-27)7-6-12-26(2)20-9-5-8-19(16-20)22(24)25/h3-5,8-11,15-16H,12-14H2,1-2H3,(H3,24,25). The predicted molar refractivity (Wildman–Crippen MR) is 114 cm³/mol. The summed E-state index contributed by atoms with van der Waals surface area (Å²) in [5.74, 6) is 6.44. The molecule has 3 N–H and O–H groups in total. The summed E-state index contributed by atoms with van der Waals surface area (Å²) in [5.41, 5.74) is 9.76. The molecule has 0 radical (unpaired) electrons. The van der Waals surface area contributed by atoms with Crippen LogP contribution in [-0.2, 0) is 0 Å². The first-order chi connectivity index (χ1) is 13.5. The van der Waals surface area contributed by atoms with Gasteiger partial charge >= 0.3 is 0 Å². The molecular formula is C23H24N4O. The zero-order valence-corrected chi connectivity index (χ0v) is 16.2. The third-order valence-corrected chi connectivity index (χ3v) is 4.71. The number of carbonyl (C=O) groups is 1. The van der Waals surface area contributed by atoms with Crippen molar-refractivity contribution in [2.24, 2.45) is 5.73 Å². The number of amidine groups is 1. The molecule has 0 saturated heterocycles. The number of nitrogens with zero attached hydrogens (tertiary/aromatic N) is 2. The minimum atomic E-state index is 0.0520. The largest absolute Gasteiger partial charge is 0.384 e. The van der Waals surface area contributed by atoms with E-state index in [0.717, 1.165) is 22.4 Å². The van der Waals surface area contributed by atoms with Crippen LogP contribution < -0.4 is 10.6 Å². The number of anilines is 1. The Morgan fingerprint density at radius 2 is 1.96 bits per heavy atom. The Labute approximate surface area is 166 Å². The number of amides is 1. The Kier molecular flexibility index (Phi) is 5.81. The number of nitrogens with one attached hydrogen (secondary N) is 1. The summed E-state index contributed by atoms with van der Waals surface area (Å²) >= 11 is 0. The molecule has 0 unspecified atom stereocenters. The third-order valence-electron chi connectivity index (χ3n) is 4.71. The average Bonchev–Trinajstić information content (AvgIpc) is 3.22. The van der Waals surface area contributed by atoms with Crippen molar-refractivity contribution in [2.45, 2.75) is 6.92 Å². The highest BCUT2D eigenvalue weighted by atomic mass is 16.2. The van der Waals surface area contributed by atoms with Crippen molar-refractivity contribution in [1.29, 1.82) is 5.41 Å². The van der Waals surface area contributed by atoms with Gasteiger partial charge in [0, 0.05) is 42.5 Å². The van der Waals surface area contributed by atoms with Gasteiger partial charge in [0.25, 0.3) is 5.91 Å². The number of nitrogen functional groups attached to an aromatic ring is 1. The Hall–Kier alpha value is -3.52. The van der Waals surface area contributed by atoms with E-state index in [1.54, 1.807) is 0 Å². The molecule has 1 aliphatic heterocycles. The topological polar surface area (TPSA) is 73.4 Å². The number of carbonyl (C=O) groups excluding carboxylic acids is 1. The van der Waals surface area contributed by atoms with Crippen LogP contribution in [0.4, 0.5) is 5.69 Å². The van der Waals surface area contributed by atoms with Gasteiger partial charge in [-0.1, -0.05) is 36.1 Å². The Morgan fingerprint density at radius 3 is 2.64 bits per heavy atom. The Bertz CT molecular complexity index is 989. The lowest BCUT2D eigenvalue weighted by Crippen LogP contribution is -2.28. The van der Waals surface area contributed by atoms with E-state index in [1.165, 1.54) is 0 Å². The Balaban J connectivity index is 1.67. The molecule has 0 atom stereocenters. The first-order valence-electron chi connectivity index (χ1n) is 9.15. The van der Waals surface area contributed by atoms with Gasteiger partial charge in [0.1, 0.15) is 5.84 Å². The molecule has 3 rings (SSSR count). The van der Waals surface area contributed by atoms with Gasteiger partial charge in [-0.05, 0) is 42.8 Å². The van der Waals surface area contributed by atoms with Crippen LogP contribution in [0.15, 0.2) is 54.6 Å². The average molecular weight is 372 g/mol. The minimum Gasteiger partial charge on any atom is -0.384 e. The lowest BCUT2D eigenvalue weighted by Gasteiger charge is -2.17. The molecule has 0 saturated carbocycles. The van der Waals surface area contributed by atoms with Gasteiger partial charge in [-0.15, -0.1) is 0 Å². The Morgan fingerprint density at radius 1 is 1.21 bits per heavy atom. The van der Waals surface area contributed by atoms with E-state index in [0.29, 0.717) is 25.2 Å². The molecule has 0 fully saturated rings. The molecule has 1 amide bonds. The molecule has 0 aromatic heterocycles. The molecule has 142 valence electrons. The van der Waals surface area contributed by atoms with Crippen LogP contribution >= 0.6 is 0 Å². The number of hydrogen-bond acceptors (Lipinski definition) is 3. The van der Waals surface area contributed by atoms with Crippen molar-refractivity contribution < 1.29 is 4.79 Å². The van der Waals surface area contributed by atoms with Gasteiger partial charge in [-0.3, -0.25) is 10.2 Å². The van der Waals surface area contributed by atoms with E-state index in [2.05, 4.69) is 11.8 Å². The maximum atomic E-state index is 12.5. The van der Waals surface area contributed by atoms with Gasteiger partial charge in [0.15, 0.2) is 0 Å². The van der Waals surface area contributed by atoms with Gasteiger partial charge in [-0.2, -0.15) is 0 Å². The summed E-state index contributed by atoms with van der Waals surface area (Å²) in [7, 11) is 1.95. The van der Waals surface area contributed by atoms with E-state index >= 15 is 0 Å². The number of rotatable bonds is 4. The summed E-state index contributed by atoms with van der Waals surface area (Å²) in [4.78, 5) is 16.4. The summed E-state index contributed by atoms with van der Waals surface area (Å²) in [6.45, 7) is 3.84. The lowest BCUT2D eigenvalue weighted by atomic mass is 10.0. The highest BCUT2D eigenvalue weighted by Crippen LogP contribution is 2.16. The second kappa shape index (κ2) is 8.45. The maximum Gasteiger partial charge on any atom is 0.254 e. The van der Waals surface area contributed by atoms with Crippen LogP contribution in [0.1, 0.15) is 27.0 Å². The smallest absolute Gasteiger partial charge is 0.254 e. The molecule has 28 heavy (non-hydrogen) atoms. The monoisotopic (exact) mass is 372 g/mol. The summed E-state index contributed by atoms with van der Waals surface area (Å²) in [5, 5.41) is 7.55. The zero-order chi connectivity index (χ0) is 20.1. The first-order valence-corrected chi connectivity index (χ1v) is 9.15. The number of nitrogens with two attached hydrogens (primary N) is 1. The summed E-state index contributed by atoms with van der Waals surface area (Å²) in [6, 6.07) is 13.3. The minimum absolute atomic E-state index is 0.0520. The molecule has 0 spiro atoms. The third kappa shape index (κ3) is 4.41. The number of benzene rings is 2. The van der Waals surface area contributed by atoms with E-state index in [-0.39, 0.29) is 11.7 Å². The van der Waals surface area contributed by atoms with Crippen molar-refractivity contribution in [3.63, 3.8) is 0 Å². The fourth-order valence-corrected chi connectivity index (χ4v) is 3.06. The molecule has 5 nitrogen and oxygen atoms in total. The maximum absolute atomic E-state index is 12.5. The first kappa shape index (κ1) is 19.2. The van der Waals surface area contributed by atoms with Gasteiger partial charge in [0.2, 0.25) is 0 Å². The molecule has 0 bridgehead atoms. The van der Waals surface area contributed by atoms with Crippen molar-refractivity contribution in [1.82, 2.24) is 4.90 Å². The van der Waals surface area contributed by atoms with Gasteiger partial charge < -0.3 is 15.5 Å². The highest BCUT2D eigenvalue weighted by molar-refractivity contribution is 5.96. The zero-order valence-electron chi connectivity index (χ0n) is 16.2. The van der Waals surface area contributed by atoms with Crippen LogP contribution in [-0.4, -0.2) is 43.3 Å². The molecule has 5 heteroatoms. The van der Waals surface area contributed by atoms with Crippen LogP contribution in [0.25, 0.3) is 0 Å². The van der Waals surface area contributed by atoms with Crippen molar-refractivity contribution in [3.05, 3.63) is 76.9 Å². The molecule has 1 aliphatic rings. The fourth-order valence-electron chi connectivity index (χ4n) is 3.06. The van der Waals surface area contributed by atoms with E-state index < -0.39 is 0 Å². The molecule has 0 aliphatic carbocycles. The van der Waals surface area contributed by atoms with E-state index in [9.17, 15) is 4.79 Å². The summed E-state index contributed by atoms with van der Waals surface area (Å²) in [6.07, 6.45) is 4.02. The highest BCUT2D eigenvalue weighted by Gasteiger charge is 2.17. The van der Waals surface area contributed by atoms with Crippen molar-refractivity contribution in [3.8, 4) is 11.8 Å². The molecule has 2 aromatic rings. The predicted octanol–water partition coefficient (Wildman–Crippen LogP) is 2.78. The van der Waals surface area contributed by atoms with Crippen LogP contribution in [0.2, 0.25) is 0 Å². The van der Waals surface area contributed by atoms with Crippen LogP contribution in [0, 0.1) is 24.2 Å². The normalized spacial score (nSPS) is 12.4. The molecular weight excluding hydrogens is 348 g/mol. The van der Waals surface area contributed by atoms with Crippen molar-refractivity contribution in [2.75, 3.05) is 31.6 Å². The van der Waals surface area contributed by atoms with Crippen molar-refractivity contribution >= 4 is 17.4 Å². The second-order valence-electron chi connectivity index (χ2n) is 6.83. The van der Waals surface area contributed by atoms with Gasteiger partial charge in [0.05, 0.1) is 6.54 Å². The number of hydrogen-bond donors (Lipinski definition) is 2. The lowest BCUT2D eigenvalue weighted by molar-refractivity contribution is 0.0799. The quantitative estimate of drug-likeness (QED) is 0.375. The van der Waals surface area contributed by atoms with Gasteiger partial charge in [-0.25, -0.2) is 0 Å². The van der Waals surface area contributed by atoms with Crippen LogP contribution in [0.5, 0.6) is 0 Å².